The third-order valence-electron chi connectivity index (χ3n) is 5.05. The van der Waals surface area contributed by atoms with Crippen LogP contribution in [0.1, 0.15) is 51.0 Å². The van der Waals surface area contributed by atoms with Gasteiger partial charge in [0.15, 0.2) is 0 Å². The van der Waals surface area contributed by atoms with Gasteiger partial charge in [-0.15, -0.1) is 0 Å². The van der Waals surface area contributed by atoms with Gasteiger partial charge in [0.25, 0.3) is 0 Å². The van der Waals surface area contributed by atoms with E-state index in [9.17, 15) is 9.50 Å². The third-order valence-corrected chi connectivity index (χ3v) is 5.34. The maximum absolute atomic E-state index is 14.3. The molecule has 1 aliphatic rings. The monoisotopic (exact) mass is 313 g/mol. The highest BCUT2D eigenvalue weighted by molar-refractivity contribution is 6.30. The molecule has 1 aromatic carbocycles. The van der Waals surface area contributed by atoms with Crippen LogP contribution < -0.4 is 5.73 Å². The first-order valence-electron chi connectivity index (χ1n) is 7.70. The SMILES string of the molecule is CC1(C)CCCCC1C(O)C(CN)c1cccc(Cl)c1F. The standard InChI is InChI=1S/C17H25ClFNO/c1-17(2)9-4-3-7-13(17)16(21)12(10-20)11-6-5-8-14(18)15(11)19/h5-6,8,12-13,16,21H,3-4,7,9-10,20H2,1-2H3. The molecule has 1 aromatic rings. The summed E-state index contributed by atoms with van der Waals surface area (Å²) in [6.07, 6.45) is 3.71. The van der Waals surface area contributed by atoms with Crippen LogP contribution in [-0.4, -0.2) is 17.8 Å². The lowest BCUT2D eigenvalue weighted by Crippen LogP contribution is -2.42. The number of aliphatic hydroxyl groups is 1. The van der Waals surface area contributed by atoms with Crippen LogP contribution in [0, 0.1) is 17.2 Å². The predicted octanol–water partition coefficient (Wildman–Crippen LogP) is 4.10. The zero-order valence-corrected chi connectivity index (χ0v) is 13.5. The van der Waals surface area contributed by atoms with Crippen molar-refractivity contribution >= 4 is 11.6 Å². The molecule has 3 unspecified atom stereocenters. The van der Waals surface area contributed by atoms with E-state index in [0.717, 1.165) is 19.3 Å². The molecule has 0 aromatic heterocycles. The van der Waals surface area contributed by atoms with E-state index < -0.39 is 17.8 Å². The van der Waals surface area contributed by atoms with E-state index in [1.165, 1.54) is 12.5 Å². The van der Waals surface area contributed by atoms with Gasteiger partial charge in [0.1, 0.15) is 5.82 Å². The molecule has 4 heteroatoms. The molecule has 0 aliphatic heterocycles. The van der Waals surface area contributed by atoms with E-state index in [1.54, 1.807) is 12.1 Å². The molecular weight excluding hydrogens is 289 g/mol. The Morgan fingerprint density at radius 2 is 2.14 bits per heavy atom. The van der Waals surface area contributed by atoms with Crippen LogP contribution in [0.2, 0.25) is 5.02 Å². The van der Waals surface area contributed by atoms with Crippen molar-refractivity contribution < 1.29 is 9.50 Å². The summed E-state index contributed by atoms with van der Waals surface area (Å²) in [5.41, 5.74) is 6.34. The zero-order valence-electron chi connectivity index (χ0n) is 12.8. The molecule has 0 heterocycles. The fourth-order valence-corrected chi connectivity index (χ4v) is 3.87. The fourth-order valence-electron chi connectivity index (χ4n) is 3.69. The molecule has 0 saturated heterocycles. The summed E-state index contributed by atoms with van der Waals surface area (Å²) in [5.74, 6) is -0.730. The highest BCUT2D eigenvalue weighted by Gasteiger charge is 2.40. The molecule has 21 heavy (non-hydrogen) atoms. The molecule has 2 nitrogen and oxygen atoms in total. The number of halogens is 2. The maximum Gasteiger partial charge on any atom is 0.145 e. The van der Waals surface area contributed by atoms with E-state index in [-0.39, 0.29) is 22.9 Å². The van der Waals surface area contributed by atoms with E-state index in [0.29, 0.717) is 5.56 Å². The Balaban J connectivity index is 2.30. The highest BCUT2D eigenvalue weighted by Crippen LogP contribution is 2.45. The van der Waals surface area contributed by atoms with E-state index in [4.69, 9.17) is 17.3 Å². The van der Waals surface area contributed by atoms with Crippen molar-refractivity contribution in [3.63, 3.8) is 0 Å². The van der Waals surface area contributed by atoms with Crippen LogP contribution in [0.25, 0.3) is 0 Å². The maximum atomic E-state index is 14.3. The fraction of sp³-hybridized carbons (Fsp3) is 0.647. The molecule has 118 valence electrons. The van der Waals surface area contributed by atoms with Gasteiger partial charge in [-0.3, -0.25) is 0 Å². The number of nitrogens with two attached hydrogens (primary N) is 1. The van der Waals surface area contributed by atoms with E-state index in [1.807, 2.05) is 0 Å². The number of hydrogen-bond acceptors (Lipinski definition) is 2. The van der Waals surface area contributed by atoms with Crippen LogP contribution >= 0.6 is 11.6 Å². The molecule has 1 saturated carbocycles. The first kappa shape index (κ1) is 16.7. The minimum atomic E-state index is -0.640. The van der Waals surface area contributed by atoms with Crippen molar-refractivity contribution in [2.75, 3.05) is 6.54 Å². The Morgan fingerprint density at radius 1 is 1.43 bits per heavy atom. The van der Waals surface area contributed by atoms with Gasteiger partial charge in [0, 0.05) is 12.5 Å². The number of aliphatic hydroxyl groups excluding tert-OH is 1. The topological polar surface area (TPSA) is 46.2 Å². The van der Waals surface area contributed by atoms with Gasteiger partial charge >= 0.3 is 0 Å². The van der Waals surface area contributed by atoms with Gasteiger partial charge in [0.2, 0.25) is 0 Å². The van der Waals surface area contributed by atoms with Crippen molar-refractivity contribution in [3.8, 4) is 0 Å². The first-order chi connectivity index (χ1) is 9.88. The Hall–Kier alpha value is -0.640. The normalized spacial score (nSPS) is 24.6. The summed E-state index contributed by atoms with van der Waals surface area (Å²) in [6, 6.07) is 4.91. The lowest BCUT2D eigenvalue weighted by Gasteiger charge is -2.43. The first-order valence-corrected chi connectivity index (χ1v) is 8.08. The number of rotatable bonds is 4. The lowest BCUT2D eigenvalue weighted by molar-refractivity contribution is -0.00951. The van der Waals surface area contributed by atoms with Gasteiger partial charge in [-0.05, 0) is 35.8 Å². The Morgan fingerprint density at radius 3 is 2.76 bits per heavy atom. The van der Waals surface area contributed by atoms with Gasteiger partial charge in [-0.25, -0.2) is 4.39 Å². The largest absolute Gasteiger partial charge is 0.392 e. The molecule has 0 bridgehead atoms. The summed E-state index contributed by atoms with van der Waals surface area (Å²) in [6.45, 7) is 4.58. The molecule has 1 aliphatic carbocycles. The van der Waals surface area contributed by atoms with Crippen LogP contribution in [-0.2, 0) is 0 Å². The van der Waals surface area contributed by atoms with E-state index in [2.05, 4.69) is 13.8 Å². The minimum absolute atomic E-state index is 0.0557. The van der Waals surface area contributed by atoms with Crippen molar-refractivity contribution in [1.29, 1.82) is 0 Å². The van der Waals surface area contributed by atoms with Crippen LogP contribution in [0.4, 0.5) is 4.39 Å². The second-order valence-corrected chi connectivity index (χ2v) is 7.22. The number of benzene rings is 1. The quantitative estimate of drug-likeness (QED) is 0.879. The lowest BCUT2D eigenvalue weighted by atomic mass is 9.64. The van der Waals surface area contributed by atoms with Crippen molar-refractivity contribution in [3.05, 3.63) is 34.6 Å². The summed E-state index contributed by atoms with van der Waals surface area (Å²) in [7, 11) is 0. The summed E-state index contributed by atoms with van der Waals surface area (Å²) >= 11 is 5.86. The second-order valence-electron chi connectivity index (χ2n) is 6.82. The predicted molar refractivity (Wildman–Crippen MR) is 85.0 cm³/mol. The molecule has 0 amide bonds. The van der Waals surface area contributed by atoms with Crippen LogP contribution in [0.15, 0.2) is 18.2 Å². The van der Waals surface area contributed by atoms with Crippen molar-refractivity contribution in [2.45, 2.75) is 51.6 Å². The number of hydrogen-bond donors (Lipinski definition) is 2. The molecule has 2 rings (SSSR count). The average Bonchev–Trinajstić information content (AvgIpc) is 2.43. The summed E-state index contributed by atoms with van der Waals surface area (Å²) in [4.78, 5) is 0. The summed E-state index contributed by atoms with van der Waals surface area (Å²) in [5, 5.41) is 10.9. The second kappa shape index (κ2) is 6.64. The molecule has 0 radical (unpaired) electrons. The molecule has 1 fully saturated rings. The van der Waals surface area contributed by atoms with Gasteiger partial charge in [0.05, 0.1) is 11.1 Å². The van der Waals surface area contributed by atoms with Crippen molar-refractivity contribution in [1.82, 2.24) is 0 Å². The summed E-state index contributed by atoms with van der Waals surface area (Å²) < 4.78 is 14.3. The molecular formula is C17H25ClFNO. The Labute approximate surface area is 131 Å². The highest BCUT2D eigenvalue weighted by atomic mass is 35.5. The van der Waals surface area contributed by atoms with Crippen LogP contribution in [0.5, 0.6) is 0 Å². The third kappa shape index (κ3) is 3.41. The van der Waals surface area contributed by atoms with Gasteiger partial charge < -0.3 is 10.8 Å². The van der Waals surface area contributed by atoms with E-state index >= 15 is 0 Å². The zero-order chi connectivity index (χ0) is 15.6. The van der Waals surface area contributed by atoms with Crippen LogP contribution in [0.3, 0.4) is 0 Å². The smallest absolute Gasteiger partial charge is 0.145 e. The Bertz CT molecular complexity index is 492. The Kier molecular flexibility index (Phi) is 5.29. The molecule has 3 atom stereocenters. The van der Waals surface area contributed by atoms with Gasteiger partial charge in [-0.1, -0.05) is 50.4 Å². The molecule has 0 spiro atoms. The molecule has 3 N–H and O–H groups in total. The van der Waals surface area contributed by atoms with Crippen molar-refractivity contribution in [2.24, 2.45) is 17.1 Å². The van der Waals surface area contributed by atoms with Gasteiger partial charge in [-0.2, -0.15) is 0 Å². The average molecular weight is 314 g/mol. The minimum Gasteiger partial charge on any atom is -0.392 e.